The number of fused-ring (bicyclic) bond motifs is 1. The van der Waals surface area contributed by atoms with Gasteiger partial charge in [-0.15, -0.1) is 0 Å². The van der Waals surface area contributed by atoms with E-state index in [1.54, 1.807) is 12.1 Å². The average Bonchev–Trinajstić information content (AvgIpc) is 2.82. The largest absolute Gasteiger partial charge is 0.455 e. The predicted octanol–water partition coefficient (Wildman–Crippen LogP) is 1.84. The lowest BCUT2D eigenvalue weighted by molar-refractivity contribution is -0.0587. The van der Waals surface area contributed by atoms with Gasteiger partial charge in [0, 0.05) is 6.07 Å². The minimum absolute atomic E-state index is 0.0732. The molecular weight excluding hydrogens is 208 g/mol. The van der Waals surface area contributed by atoms with E-state index in [1.165, 1.54) is 6.07 Å². The molecule has 1 saturated heterocycles. The van der Waals surface area contributed by atoms with Crippen molar-refractivity contribution in [3.05, 3.63) is 46.3 Å². The van der Waals surface area contributed by atoms with Crippen molar-refractivity contribution in [2.75, 3.05) is 13.2 Å². The molecule has 4 heteroatoms. The van der Waals surface area contributed by atoms with E-state index >= 15 is 0 Å². The molecular formula is C12H10O4. The summed E-state index contributed by atoms with van der Waals surface area (Å²) in [6.45, 7) is 1.06. The molecule has 82 valence electrons. The Morgan fingerprint density at radius 1 is 1.12 bits per heavy atom. The van der Waals surface area contributed by atoms with E-state index in [-0.39, 0.29) is 5.43 Å². The van der Waals surface area contributed by atoms with Crippen LogP contribution in [0.3, 0.4) is 0 Å². The van der Waals surface area contributed by atoms with Crippen LogP contribution >= 0.6 is 0 Å². The second-order valence-electron chi connectivity index (χ2n) is 3.58. The molecule has 4 nitrogen and oxygen atoms in total. The summed E-state index contributed by atoms with van der Waals surface area (Å²) in [6, 6.07) is 8.56. The zero-order chi connectivity index (χ0) is 11.0. The van der Waals surface area contributed by atoms with Crippen LogP contribution in [0.2, 0.25) is 0 Å². The van der Waals surface area contributed by atoms with Gasteiger partial charge in [0.2, 0.25) is 6.29 Å². The Labute approximate surface area is 91.4 Å². The molecule has 1 aliphatic heterocycles. The zero-order valence-electron chi connectivity index (χ0n) is 8.51. The maximum atomic E-state index is 11.8. The van der Waals surface area contributed by atoms with Gasteiger partial charge in [-0.05, 0) is 12.1 Å². The average molecular weight is 218 g/mol. The van der Waals surface area contributed by atoms with E-state index in [1.807, 2.05) is 12.1 Å². The first-order chi connectivity index (χ1) is 7.84. The van der Waals surface area contributed by atoms with Gasteiger partial charge in [0.05, 0.1) is 18.6 Å². The smallest absolute Gasteiger partial charge is 0.217 e. The van der Waals surface area contributed by atoms with Crippen LogP contribution in [-0.4, -0.2) is 13.2 Å². The highest BCUT2D eigenvalue weighted by Crippen LogP contribution is 2.24. The highest BCUT2D eigenvalue weighted by molar-refractivity contribution is 5.76. The fourth-order valence-corrected chi connectivity index (χ4v) is 1.76. The Morgan fingerprint density at radius 2 is 1.88 bits per heavy atom. The zero-order valence-corrected chi connectivity index (χ0v) is 8.51. The van der Waals surface area contributed by atoms with Crippen LogP contribution in [0.15, 0.2) is 39.5 Å². The molecule has 2 heterocycles. The van der Waals surface area contributed by atoms with E-state index in [2.05, 4.69) is 0 Å². The third-order valence-electron chi connectivity index (χ3n) is 2.51. The van der Waals surface area contributed by atoms with E-state index in [0.29, 0.717) is 29.9 Å². The molecule has 0 radical (unpaired) electrons. The molecule has 2 aromatic rings. The van der Waals surface area contributed by atoms with Gasteiger partial charge in [-0.3, -0.25) is 4.79 Å². The van der Waals surface area contributed by atoms with Crippen molar-refractivity contribution in [1.82, 2.24) is 0 Å². The van der Waals surface area contributed by atoms with Crippen molar-refractivity contribution in [2.24, 2.45) is 0 Å². The molecule has 1 aromatic heterocycles. The second kappa shape index (κ2) is 3.73. The van der Waals surface area contributed by atoms with Crippen molar-refractivity contribution in [3.8, 4) is 0 Å². The first-order valence-corrected chi connectivity index (χ1v) is 5.10. The fourth-order valence-electron chi connectivity index (χ4n) is 1.76. The van der Waals surface area contributed by atoms with Crippen LogP contribution in [0.4, 0.5) is 0 Å². The van der Waals surface area contributed by atoms with Crippen molar-refractivity contribution in [3.63, 3.8) is 0 Å². The van der Waals surface area contributed by atoms with Crippen LogP contribution in [0, 0.1) is 0 Å². The molecule has 0 saturated carbocycles. The summed E-state index contributed by atoms with van der Waals surface area (Å²) in [4.78, 5) is 11.8. The van der Waals surface area contributed by atoms with Gasteiger partial charge in [-0.1, -0.05) is 12.1 Å². The molecule has 1 aliphatic rings. The van der Waals surface area contributed by atoms with Crippen molar-refractivity contribution in [2.45, 2.75) is 6.29 Å². The number of rotatable bonds is 1. The summed E-state index contributed by atoms with van der Waals surface area (Å²) in [5, 5.41) is 0.573. The SMILES string of the molecule is O=c1cc(C2OCCO2)oc2ccccc12. The van der Waals surface area contributed by atoms with Crippen LogP contribution in [0.1, 0.15) is 12.1 Å². The maximum Gasteiger partial charge on any atom is 0.217 e. The summed E-state index contributed by atoms with van der Waals surface area (Å²) < 4.78 is 16.2. The quantitative estimate of drug-likeness (QED) is 0.732. The lowest BCUT2D eigenvalue weighted by Gasteiger charge is -2.08. The van der Waals surface area contributed by atoms with Gasteiger partial charge in [-0.2, -0.15) is 0 Å². The summed E-state index contributed by atoms with van der Waals surface area (Å²) in [5.41, 5.74) is 0.486. The lowest BCUT2D eigenvalue weighted by atomic mass is 10.2. The molecule has 3 rings (SSSR count). The lowest BCUT2D eigenvalue weighted by Crippen LogP contribution is -2.06. The molecule has 0 aliphatic carbocycles. The van der Waals surface area contributed by atoms with Gasteiger partial charge in [0.1, 0.15) is 5.58 Å². The predicted molar refractivity (Wildman–Crippen MR) is 57.1 cm³/mol. The Bertz CT molecular complexity index is 566. The monoisotopic (exact) mass is 218 g/mol. The molecule has 1 fully saturated rings. The highest BCUT2D eigenvalue weighted by Gasteiger charge is 2.21. The van der Waals surface area contributed by atoms with Gasteiger partial charge < -0.3 is 13.9 Å². The van der Waals surface area contributed by atoms with Gasteiger partial charge in [-0.25, -0.2) is 0 Å². The van der Waals surface area contributed by atoms with E-state index in [9.17, 15) is 4.79 Å². The molecule has 0 N–H and O–H groups in total. The van der Waals surface area contributed by atoms with E-state index in [0.717, 1.165) is 0 Å². The maximum absolute atomic E-state index is 11.8. The van der Waals surface area contributed by atoms with Crippen LogP contribution in [0.5, 0.6) is 0 Å². The molecule has 0 atom stereocenters. The molecule has 1 aromatic carbocycles. The first kappa shape index (κ1) is 9.57. The standard InChI is InChI=1S/C12H10O4/c13-9-7-11(12-14-5-6-15-12)16-10-4-2-1-3-8(9)10/h1-4,7,12H,5-6H2. The van der Waals surface area contributed by atoms with Crippen molar-refractivity contribution < 1.29 is 13.9 Å². The van der Waals surface area contributed by atoms with Gasteiger partial charge in [0.15, 0.2) is 11.2 Å². The Morgan fingerprint density at radius 3 is 2.69 bits per heavy atom. The number of hydrogen-bond acceptors (Lipinski definition) is 4. The molecule has 16 heavy (non-hydrogen) atoms. The van der Waals surface area contributed by atoms with Crippen LogP contribution in [-0.2, 0) is 9.47 Å². The van der Waals surface area contributed by atoms with Gasteiger partial charge in [0.25, 0.3) is 0 Å². The second-order valence-corrected chi connectivity index (χ2v) is 3.58. The molecule has 0 bridgehead atoms. The molecule has 0 unspecified atom stereocenters. The van der Waals surface area contributed by atoms with Crippen LogP contribution in [0.25, 0.3) is 11.0 Å². The Balaban J connectivity index is 2.17. The summed E-state index contributed by atoms with van der Waals surface area (Å²) in [6.07, 6.45) is -0.544. The van der Waals surface area contributed by atoms with Crippen molar-refractivity contribution in [1.29, 1.82) is 0 Å². The Hall–Kier alpha value is -1.65. The van der Waals surface area contributed by atoms with Crippen molar-refractivity contribution >= 4 is 11.0 Å². The number of ether oxygens (including phenoxy) is 2. The first-order valence-electron chi connectivity index (χ1n) is 5.10. The van der Waals surface area contributed by atoms with E-state index < -0.39 is 6.29 Å². The number of hydrogen-bond donors (Lipinski definition) is 0. The third kappa shape index (κ3) is 1.52. The number of benzene rings is 1. The molecule has 0 spiro atoms. The minimum atomic E-state index is -0.544. The Kier molecular flexibility index (Phi) is 2.23. The fraction of sp³-hybridized carbons (Fsp3) is 0.250. The van der Waals surface area contributed by atoms with Crippen LogP contribution < -0.4 is 5.43 Å². The van der Waals surface area contributed by atoms with E-state index in [4.69, 9.17) is 13.9 Å². The highest BCUT2D eigenvalue weighted by atomic mass is 16.7. The normalized spacial score (nSPS) is 17.0. The van der Waals surface area contributed by atoms with Gasteiger partial charge >= 0.3 is 0 Å². The number of para-hydroxylation sites is 1. The minimum Gasteiger partial charge on any atom is -0.455 e. The molecule has 0 amide bonds. The summed E-state index contributed by atoms with van der Waals surface area (Å²) in [7, 11) is 0. The summed E-state index contributed by atoms with van der Waals surface area (Å²) >= 11 is 0. The third-order valence-corrected chi connectivity index (χ3v) is 2.51. The topological polar surface area (TPSA) is 48.7 Å². The summed E-state index contributed by atoms with van der Waals surface area (Å²) in [5.74, 6) is 0.432.